The summed E-state index contributed by atoms with van der Waals surface area (Å²) < 4.78 is 0. The lowest BCUT2D eigenvalue weighted by molar-refractivity contribution is -0.137. The Labute approximate surface area is 127 Å². The van der Waals surface area contributed by atoms with Crippen LogP contribution < -0.4 is 0 Å². The highest BCUT2D eigenvalue weighted by Gasteiger charge is 2.35. The summed E-state index contributed by atoms with van der Waals surface area (Å²) in [7, 11) is 0. The molecule has 0 spiro atoms. The number of amides is 2. The molecule has 2 fully saturated rings. The lowest BCUT2D eigenvalue weighted by Crippen LogP contribution is -2.48. The molecule has 1 aliphatic carbocycles. The summed E-state index contributed by atoms with van der Waals surface area (Å²) in [6, 6.07) is 0.648. The van der Waals surface area contributed by atoms with Crippen molar-refractivity contribution in [1.29, 1.82) is 0 Å². The Morgan fingerprint density at radius 2 is 2.05 bits per heavy atom. The monoisotopic (exact) mass is 296 g/mol. The van der Waals surface area contributed by atoms with Gasteiger partial charge >= 0.3 is 12.0 Å². The minimum Gasteiger partial charge on any atom is -0.481 e. The van der Waals surface area contributed by atoms with Crippen molar-refractivity contribution < 1.29 is 14.7 Å². The first-order valence-corrected chi connectivity index (χ1v) is 8.39. The van der Waals surface area contributed by atoms with E-state index < -0.39 is 5.97 Å². The van der Waals surface area contributed by atoms with E-state index in [0.29, 0.717) is 18.4 Å². The van der Waals surface area contributed by atoms with E-state index in [4.69, 9.17) is 5.11 Å². The number of hydrogen-bond acceptors (Lipinski definition) is 2. The molecule has 0 radical (unpaired) electrons. The average molecular weight is 296 g/mol. The average Bonchev–Trinajstić information content (AvgIpc) is 3.30. The fourth-order valence-electron chi connectivity index (χ4n) is 3.13. The van der Waals surface area contributed by atoms with E-state index in [2.05, 4.69) is 11.8 Å². The maximum Gasteiger partial charge on any atom is 0.320 e. The zero-order chi connectivity index (χ0) is 15.2. The van der Waals surface area contributed by atoms with E-state index in [-0.39, 0.29) is 12.5 Å². The number of nitrogens with zero attached hydrogens (tertiary/aromatic N) is 2. The minimum atomic E-state index is -0.735. The second kappa shape index (κ2) is 7.66. The second-order valence-corrected chi connectivity index (χ2v) is 6.45. The van der Waals surface area contributed by atoms with Gasteiger partial charge in [-0.3, -0.25) is 4.79 Å². The van der Waals surface area contributed by atoms with E-state index in [0.717, 1.165) is 58.2 Å². The molecule has 120 valence electrons. The van der Waals surface area contributed by atoms with Crippen LogP contribution in [-0.2, 0) is 4.79 Å². The van der Waals surface area contributed by atoms with Gasteiger partial charge in [0.15, 0.2) is 0 Å². The fourth-order valence-corrected chi connectivity index (χ4v) is 3.13. The molecule has 1 unspecified atom stereocenters. The Morgan fingerprint density at radius 3 is 2.67 bits per heavy atom. The van der Waals surface area contributed by atoms with Gasteiger partial charge in [-0.1, -0.05) is 13.3 Å². The number of rotatable bonds is 7. The highest BCUT2D eigenvalue weighted by molar-refractivity contribution is 5.75. The zero-order valence-electron chi connectivity index (χ0n) is 13.1. The molecule has 1 saturated heterocycles. The van der Waals surface area contributed by atoms with Gasteiger partial charge in [-0.2, -0.15) is 0 Å². The molecule has 1 atom stereocenters. The first-order valence-electron chi connectivity index (χ1n) is 8.39. The van der Waals surface area contributed by atoms with Gasteiger partial charge < -0.3 is 14.9 Å². The standard InChI is InChI=1S/C16H28N2O3/c1-2-3-11-18(14-7-8-14)16(21)17-10-4-5-13(12-17)6-9-15(19)20/h13-14H,2-12H2,1H3,(H,19,20). The Balaban J connectivity index is 1.86. The van der Waals surface area contributed by atoms with Crippen molar-refractivity contribution in [2.45, 2.75) is 64.3 Å². The van der Waals surface area contributed by atoms with Gasteiger partial charge in [0.2, 0.25) is 0 Å². The molecular weight excluding hydrogens is 268 g/mol. The Bertz CT molecular complexity index is 369. The number of carbonyl (C=O) groups is 2. The number of unbranched alkanes of at least 4 members (excludes halogenated alkanes) is 1. The van der Waals surface area contributed by atoms with Crippen LogP contribution in [0.25, 0.3) is 0 Å². The number of hydrogen-bond donors (Lipinski definition) is 1. The van der Waals surface area contributed by atoms with Crippen LogP contribution in [-0.4, -0.2) is 52.6 Å². The van der Waals surface area contributed by atoms with Crippen LogP contribution in [0.15, 0.2) is 0 Å². The number of likely N-dealkylation sites (tertiary alicyclic amines) is 1. The van der Waals surface area contributed by atoms with Crippen molar-refractivity contribution in [2.24, 2.45) is 5.92 Å². The van der Waals surface area contributed by atoms with E-state index in [1.165, 1.54) is 0 Å². The van der Waals surface area contributed by atoms with Crippen LogP contribution in [0.5, 0.6) is 0 Å². The molecule has 2 amide bonds. The first-order chi connectivity index (χ1) is 10.1. The Hall–Kier alpha value is -1.26. The molecule has 1 N–H and O–H groups in total. The largest absolute Gasteiger partial charge is 0.481 e. The smallest absolute Gasteiger partial charge is 0.320 e. The van der Waals surface area contributed by atoms with Crippen LogP contribution in [0, 0.1) is 5.92 Å². The number of aliphatic carboxylic acids is 1. The Kier molecular flexibility index (Phi) is 5.88. The molecule has 5 heteroatoms. The number of carboxylic acids is 1. The number of carboxylic acid groups (broad SMARTS) is 1. The molecule has 2 rings (SSSR count). The van der Waals surface area contributed by atoms with E-state index in [9.17, 15) is 9.59 Å². The summed E-state index contributed by atoms with van der Waals surface area (Å²) in [5.41, 5.74) is 0. The SMILES string of the molecule is CCCCN(C(=O)N1CCCC(CCC(=O)O)C1)C1CC1. The summed E-state index contributed by atoms with van der Waals surface area (Å²) in [6.07, 6.45) is 7.43. The van der Waals surface area contributed by atoms with Crippen LogP contribution in [0.3, 0.4) is 0 Å². The Morgan fingerprint density at radius 1 is 1.29 bits per heavy atom. The summed E-state index contributed by atoms with van der Waals surface area (Å²) in [5.74, 6) is -0.382. The van der Waals surface area contributed by atoms with Crippen LogP contribution in [0.4, 0.5) is 4.79 Å². The van der Waals surface area contributed by atoms with Gasteiger partial charge in [-0.25, -0.2) is 4.79 Å². The summed E-state index contributed by atoms with van der Waals surface area (Å²) in [5, 5.41) is 8.80. The summed E-state index contributed by atoms with van der Waals surface area (Å²) in [4.78, 5) is 27.4. The van der Waals surface area contributed by atoms with Crippen molar-refractivity contribution in [2.75, 3.05) is 19.6 Å². The lowest BCUT2D eigenvalue weighted by atomic mass is 9.93. The van der Waals surface area contributed by atoms with Crippen molar-refractivity contribution in [1.82, 2.24) is 9.80 Å². The summed E-state index contributed by atoms with van der Waals surface area (Å²) in [6.45, 7) is 4.59. The second-order valence-electron chi connectivity index (χ2n) is 6.45. The predicted octanol–water partition coefficient (Wildman–Crippen LogP) is 2.95. The van der Waals surface area contributed by atoms with Gasteiger partial charge in [0, 0.05) is 32.1 Å². The predicted molar refractivity (Wildman–Crippen MR) is 81.2 cm³/mol. The highest BCUT2D eigenvalue weighted by Crippen LogP contribution is 2.30. The van der Waals surface area contributed by atoms with Gasteiger partial charge in [0.05, 0.1) is 0 Å². The number of carbonyl (C=O) groups excluding carboxylic acids is 1. The molecule has 1 saturated carbocycles. The molecule has 0 aromatic heterocycles. The van der Waals surface area contributed by atoms with Gasteiger partial charge in [-0.15, -0.1) is 0 Å². The van der Waals surface area contributed by atoms with Gasteiger partial charge in [-0.05, 0) is 44.4 Å². The number of urea groups is 1. The maximum absolute atomic E-state index is 12.7. The fraction of sp³-hybridized carbons (Fsp3) is 0.875. The number of piperidine rings is 1. The quantitative estimate of drug-likeness (QED) is 0.785. The topological polar surface area (TPSA) is 60.9 Å². The normalized spacial score (nSPS) is 22.1. The molecular formula is C16H28N2O3. The molecule has 0 bridgehead atoms. The molecule has 5 nitrogen and oxygen atoms in total. The lowest BCUT2D eigenvalue weighted by Gasteiger charge is -2.36. The summed E-state index contributed by atoms with van der Waals surface area (Å²) >= 11 is 0. The van der Waals surface area contributed by atoms with Crippen molar-refractivity contribution in [3.8, 4) is 0 Å². The van der Waals surface area contributed by atoms with Crippen molar-refractivity contribution in [3.05, 3.63) is 0 Å². The van der Waals surface area contributed by atoms with Gasteiger partial charge in [0.1, 0.15) is 0 Å². The van der Waals surface area contributed by atoms with E-state index in [1.54, 1.807) is 0 Å². The van der Waals surface area contributed by atoms with Crippen molar-refractivity contribution in [3.63, 3.8) is 0 Å². The highest BCUT2D eigenvalue weighted by atomic mass is 16.4. The van der Waals surface area contributed by atoms with Crippen LogP contribution in [0.2, 0.25) is 0 Å². The zero-order valence-corrected chi connectivity index (χ0v) is 13.1. The van der Waals surface area contributed by atoms with Crippen LogP contribution >= 0.6 is 0 Å². The molecule has 0 aromatic rings. The van der Waals surface area contributed by atoms with E-state index in [1.807, 2.05) is 4.90 Å². The first kappa shape index (κ1) is 16.1. The molecule has 1 aliphatic heterocycles. The molecule has 1 heterocycles. The molecule has 2 aliphatic rings. The van der Waals surface area contributed by atoms with E-state index >= 15 is 0 Å². The van der Waals surface area contributed by atoms with Crippen molar-refractivity contribution >= 4 is 12.0 Å². The minimum absolute atomic E-state index is 0.186. The molecule has 0 aromatic carbocycles. The van der Waals surface area contributed by atoms with Gasteiger partial charge in [0.25, 0.3) is 0 Å². The third-order valence-corrected chi connectivity index (χ3v) is 4.54. The third kappa shape index (κ3) is 4.90. The maximum atomic E-state index is 12.7. The van der Waals surface area contributed by atoms with Crippen LogP contribution in [0.1, 0.15) is 58.3 Å². The molecule has 21 heavy (non-hydrogen) atoms. The third-order valence-electron chi connectivity index (χ3n) is 4.54.